The molecule has 0 fully saturated rings. The zero-order valence-electron chi connectivity index (χ0n) is 13.4. The van der Waals surface area contributed by atoms with Crippen LogP contribution in [0, 0.1) is 6.92 Å². The predicted octanol–water partition coefficient (Wildman–Crippen LogP) is 3.46. The van der Waals surface area contributed by atoms with Crippen molar-refractivity contribution in [3.63, 3.8) is 0 Å². The number of hydrogen-bond acceptors (Lipinski definition) is 5. The Morgan fingerprint density at radius 2 is 1.82 bits per heavy atom. The highest BCUT2D eigenvalue weighted by molar-refractivity contribution is 7.10. The van der Waals surface area contributed by atoms with Crippen LogP contribution in [0.3, 0.4) is 0 Å². The minimum Gasteiger partial charge on any atom is -0.497 e. The van der Waals surface area contributed by atoms with Gasteiger partial charge in [0.25, 0.3) is 0 Å². The Morgan fingerprint density at radius 3 is 2.32 bits per heavy atom. The van der Waals surface area contributed by atoms with Crippen LogP contribution in [0.25, 0.3) is 0 Å². The Labute approximate surface area is 135 Å². The average Bonchev–Trinajstić information content (AvgIpc) is 2.97. The lowest BCUT2D eigenvalue weighted by Gasteiger charge is -2.18. The number of aryl methyl sites for hydroxylation is 1. The number of thiophene rings is 1. The normalized spacial score (nSPS) is 13.7. The van der Waals surface area contributed by atoms with Gasteiger partial charge in [0.2, 0.25) is 0 Å². The van der Waals surface area contributed by atoms with Gasteiger partial charge in [-0.1, -0.05) is 0 Å². The van der Waals surface area contributed by atoms with Crippen molar-refractivity contribution >= 4 is 11.3 Å². The molecule has 1 aromatic carbocycles. The maximum absolute atomic E-state index is 10.4. The van der Waals surface area contributed by atoms with Crippen molar-refractivity contribution in [1.29, 1.82) is 0 Å². The molecule has 0 bridgehead atoms. The molecule has 0 aliphatic heterocycles. The van der Waals surface area contributed by atoms with Crippen molar-refractivity contribution in [1.82, 2.24) is 5.32 Å². The van der Waals surface area contributed by atoms with Crippen molar-refractivity contribution in [3.05, 3.63) is 45.6 Å². The number of methoxy groups -OCH3 is 2. The molecule has 2 atom stereocenters. The van der Waals surface area contributed by atoms with Crippen LogP contribution in [-0.4, -0.2) is 25.9 Å². The SMILES string of the molecule is COc1cc(OC)cc([C@H](O)CN[C@@H](C)c2sccc2C)c1. The van der Waals surface area contributed by atoms with E-state index >= 15 is 0 Å². The summed E-state index contributed by atoms with van der Waals surface area (Å²) in [5, 5.41) is 15.9. The molecule has 0 spiro atoms. The first kappa shape index (κ1) is 16.8. The Morgan fingerprint density at radius 1 is 1.18 bits per heavy atom. The number of aliphatic hydroxyl groups is 1. The van der Waals surface area contributed by atoms with Gasteiger partial charge in [-0.25, -0.2) is 0 Å². The standard InChI is InChI=1S/C17H23NO3S/c1-11-5-6-22-17(11)12(2)18-10-16(19)13-7-14(20-3)9-15(8-13)21-4/h5-9,12,16,18-19H,10H2,1-4H3/t12-,16+/m0/s1. The third kappa shape index (κ3) is 4.00. The third-order valence-corrected chi connectivity index (χ3v) is 4.87. The smallest absolute Gasteiger partial charge is 0.122 e. The fourth-order valence-corrected chi connectivity index (χ4v) is 3.31. The van der Waals surface area contributed by atoms with E-state index in [1.807, 2.05) is 12.1 Å². The first-order valence-electron chi connectivity index (χ1n) is 7.23. The molecule has 0 saturated heterocycles. The molecule has 0 unspecified atom stereocenters. The maximum Gasteiger partial charge on any atom is 0.122 e. The molecular weight excluding hydrogens is 298 g/mol. The van der Waals surface area contributed by atoms with Gasteiger partial charge >= 0.3 is 0 Å². The summed E-state index contributed by atoms with van der Waals surface area (Å²) in [5.74, 6) is 1.35. The Balaban J connectivity index is 2.03. The highest BCUT2D eigenvalue weighted by Crippen LogP contribution is 2.27. The third-order valence-electron chi connectivity index (χ3n) is 3.67. The van der Waals surface area contributed by atoms with Crippen LogP contribution in [0.2, 0.25) is 0 Å². The van der Waals surface area contributed by atoms with Crippen molar-refractivity contribution in [2.24, 2.45) is 0 Å². The highest BCUT2D eigenvalue weighted by atomic mass is 32.1. The van der Waals surface area contributed by atoms with Crippen LogP contribution in [0.1, 0.15) is 35.1 Å². The molecule has 4 nitrogen and oxygen atoms in total. The lowest BCUT2D eigenvalue weighted by atomic mass is 10.1. The molecule has 2 rings (SSSR count). The molecule has 0 amide bonds. The summed E-state index contributed by atoms with van der Waals surface area (Å²) in [6.45, 7) is 4.68. The van der Waals surface area contributed by atoms with E-state index < -0.39 is 6.10 Å². The van der Waals surface area contributed by atoms with Gasteiger partial charge in [-0.05, 0) is 48.6 Å². The van der Waals surface area contributed by atoms with E-state index in [-0.39, 0.29) is 6.04 Å². The summed E-state index contributed by atoms with van der Waals surface area (Å²) in [6, 6.07) is 7.77. The first-order valence-corrected chi connectivity index (χ1v) is 8.11. The molecule has 1 heterocycles. The van der Waals surface area contributed by atoms with Crippen molar-refractivity contribution in [3.8, 4) is 11.5 Å². The van der Waals surface area contributed by atoms with Crippen LogP contribution in [-0.2, 0) is 0 Å². The Kier molecular flexibility index (Phi) is 5.83. The number of rotatable bonds is 7. The number of ether oxygens (including phenoxy) is 2. The summed E-state index contributed by atoms with van der Waals surface area (Å²) < 4.78 is 10.5. The zero-order valence-corrected chi connectivity index (χ0v) is 14.2. The summed E-state index contributed by atoms with van der Waals surface area (Å²) in [6.07, 6.45) is -0.619. The molecule has 2 N–H and O–H groups in total. The van der Waals surface area contributed by atoms with E-state index in [1.165, 1.54) is 10.4 Å². The van der Waals surface area contributed by atoms with Gasteiger partial charge in [0.15, 0.2) is 0 Å². The van der Waals surface area contributed by atoms with Gasteiger partial charge in [-0.2, -0.15) is 0 Å². The molecule has 1 aromatic heterocycles. The summed E-state index contributed by atoms with van der Waals surface area (Å²) >= 11 is 1.73. The van der Waals surface area contributed by atoms with Gasteiger partial charge in [0, 0.05) is 23.5 Å². The van der Waals surface area contributed by atoms with Gasteiger partial charge in [0.05, 0.1) is 20.3 Å². The summed E-state index contributed by atoms with van der Waals surface area (Å²) in [4.78, 5) is 1.30. The van der Waals surface area contributed by atoms with E-state index in [0.29, 0.717) is 18.0 Å². The predicted molar refractivity (Wildman–Crippen MR) is 90.0 cm³/mol. The topological polar surface area (TPSA) is 50.7 Å². The van der Waals surface area contributed by atoms with Crippen LogP contribution < -0.4 is 14.8 Å². The molecule has 22 heavy (non-hydrogen) atoms. The van der Waals surface area contributed by atoms with Crippen molar-refractivity contribution < 1.29 is 14.6 Å². The maximum atomic E-state index is 10.4. The van der Waals surface area contributed by atoms with Gasteiger partial charge < -0.3 is 19.9 Å². The molecule has 0 aliphatic carbocycles. The highest BCUT2D eigenvalue weighted by Gasteiger charge is 2.14. The van der Waals surface area contributed by atoms with Crippen molar-refractivity contribution in [2.45, 2.75) is 26.0 Å². The van der Waals surface area contributed by atoms with E-state index in [4.69, 9.17) is 9.47 Å². The monoisotopic (exact) mass is 321 g/mol. The van der Waals surface area contributed by atoms with Crippen molar-refractivity contribution in [2.75, 3.05) is 20.8 Å². The van der Waals surface area contributed by atoms with E-state index in [9.17, 15) is 5.11 Å². The second kappa shape index (κ2) is 7.63. The number of aliphatic hydroxyl groups excluding tert-OH is 1. The van der Waals surface area contributed by atoms with Crippen LogP contribution in [0.4, 0.5) is 0 Å². The summed E-state index contributed by atoms with van der Waals surface area (Å²) in [5.41, 5.74) is 2.06. The molecule has 0 saturated carbocycles. The minimum atomic E-state index is -0.619. The lowest BCUT2D eigenvalue weighted by Crippen LogP contribution is -2.24. The fraction of sp³-hybridized carbons (Fsp3) is 0.412. The average molecular weight is 321 g/mol. The van der Waals surface area contributed by atoms with Crippen LogP contribution in [0.5, 0.6) is 11.5 Å². The van der Waals surface area contributed by atoms with Crippen LogP contribution in [0.15, 0.2) is 29.6 Å². The molecule has 5 heteroatoms. The fourth-order valence-electron chi connectivity index (χ4n) is 2.35. The molecule has 0 radical (unpaired) electrons. The van der Waals surface area contributed by atoms with Gasteiger partial charge in [-0.3, -0.25) is 0 Å². The van der Waals surface area contributed by atoms with Crippen LogP contribution >= 0.6 is 11.3 Å². The zero-order chi connectivity index (χ0) is 16.1. The number of hydrogen-bond donors (Lipinski definition) is 2. The molecular formula is C17H23NO3S. The number of nitrogens with one attached hydrogen (secondary N) is 1. The Bertz CT molecular complexity index is 589. The Hall–Kier alpha value is -1.56. The van der Waals surface area contributed by atoms with Gasteiger partial charge in [0.1, 0.15) is 11.5 Å². The molecule has 120 valence electrons. The molecule has 0 aliphatic rings. The second-order valence-corrected chi connectivity index (χ2v) is 6.21. The minimum absolute atomic E-state index is 0.210. The van der Waals surface area contributed by atoms with E-state index in [0.717, 1.165) is 5.56 Å². The second-order valence-electron chi connectivity index (χ2n) is 5.26. The van der Waals surface area contributed by atoms with E-state index in [1.54, 1.807) is 31.6 Å². The quantitative estimate of drug-likeness (QED) is 0.820. The first-order chi connectivity index (χ1) is 10.5. The lowest BCUT2D eigenvalue weighted by molar-refractivity contribution is 0.170. The van der Waals surface area contributed by atoms with E-state index in [2.05, 4.69) is 30.6 Å². The largest absolute Gasteiger partial charge is 0.497 e. The molecule has 2 aromatic rings. The number of benzene rings is 1. The van der Waals surface area contributed by atoms with Gasteiger partial charge in [-0.15, -0.1) is 11.3 Å². The summed E-state index contributed by atoms with van der Waals surface area (Å²) in [7, 11) is 3.20.